The van der Waals surface area contributed by atoms with E-state index in [1.807, 2.05) is 20.9 Å². The minimum atomic E-state index is -0.388. The summed E-state index contributed by atoms with van der Waals surface area (Å²) in [6.45, 7) is 4.87. The summed E-state index contributed by atoms with van der Waals surface area (Å²) in [6, 6.07) is 0. The number of nitrogens with zero attached hydrogens (tertiary/aromatic N) is 5. The number of aliphatic imine (C=N–C) groups is 1. The molecule has 0 saturated carbocycles. The lowest BCUT2D eigenvalue weighted by atomic mass is 10.1. The fourth-order valence-corrected chi connectivity index (χ4v) is 4.19. The van der Waals surface area contributed by atoms with Crippen LogP contribution >= 0.6 is 11.6 Å². The van der Waals surface area contributed by atoms with E-state index in [-0.39, 0.29) is 34.3 Å². The summed E-state index contributed by atoms with van der Waals surface area (Å²) in [5.74, 6) is 0.610. The molecule has 0 saturated heterocycles. The van der Waals surface area contributed by atoms with Crippen molar-refractivity contribution in [3.8, 4) is 0 Å². The Kier molecular flexibility index (Phi) is 6.71. The van der Waals surface area contributed by atoms with E-state index in [2.05, 4.69) is 15.0 Å². The molecule has 4 rings (SSSR count). The molecule has 2 aliphatic rings. The van der Waals surface area contributed by atoms with Crippen LogP contribution in [0.3, 0.4) is 0 Å². The zero-order chi connectivity index (χ0) is 22.8. The van der Waals surface area contributed by atoms with Crippen molar-refractivity contribution in [2.24, 2.45) is 4.99 Å². The van der Waals surface area contributed by atoms with Gasteiger partial charge in [0.15, 0.2) is 11.2 Å². The van der Waals surface area contributed by atoms with Crippen LogP contribution in [-0.2, 0) is 22.7 Å². The molecule has 0 aromatic carbocycles. The van der Waals surface area contributed by atoms with Crippen LogP contribution in [0.15, 0.2) is 26.4 Å². The number of aromatic nitrogens is 4. The molecule has 1 N–H and O–H groups in total. The van der Waals surface area contributed by atoms with Gasteiger partial charge in [0.05, 0.1) is 17.9 Å². The SMILES string of the molecule is CCCCn1c(=O)n(CCCCC2N=C(C3=COC(C)C3)ON2C)c(=O)c2[nH]c(Cl)nc21. The van der Waals surface area contributed by atoms with Crippen molar-refractivity contribution in [1.29, 1.82) is 0 Å². The maximum Gasteiger partial charge on any atom is 0.332 e. The van der Waals surface area contributed by atoms with Crippen molar-refractivity contribution in [3.63, 3.8) is 0 Å². The number of rotatable bonds is 9. The molecular weight excluding hydrogens is 436 g/mol. The quantitative estimate of drug-likeness (QED) is 0.451. The van der Waals surface area contributed by atoms with Gasteiger partial charge >= 0.3 is 5.69 Å². The van der Waals surface area contributed by atoms with Gasteiger partial charge in [0.2, 0.25) is 11.2 Å². The number of aryl methyl sites for hydroxylation is 1. The lowest BCUT2D eigenvalue weighted by Gasteiger charge is -2.16. The molecular formula is C21H29ClN6O4. The smallest absolute Gasteiger partial charge is 0.332 e. The number of aromatic amines is 1. The summed E-state index contributed by atoms with van der Waals surface area (Å²) in [5, 5.41) is 1.84. The Hall–Kier alpha value is -2.59. The van der Waals surface area contributed by atoms with E-state index in [0.29, 0.717) is 31.1 Å². The number of unbranched alkanes of at least 4 members (excludes halogenated alkanes) is 2. The molecule has 2 atom stereocenters. The summed E-state index contributed by atoms with van der Waals surface area (Å²) in [6.07, 6.45) is 6.47. The first-order valence-corrected chi connectivity index (χ1v) is 11.5. The van der Waals surface area contributed by atoms with Gasteiger partial charge in [0.1, 0.15) is 6.17 Å². The molecule has 0 radical (unpaired) electrons. The summed E-state index contributed by atoms with van der Waals surface area (Å²) in [4.78, 5) is 43.2. The van der Waals surface area contributed by atoms with E-state index in [1.54, 1.807) is 11.3 Å². The molecule has 2 aromatic rings. The monoisotopic (exact) mass is 464 g/mol. The maximum absolute atomic E-state index is 13.0. The number of H-pyrrole nitrogens is 1. The molecule has 0 fully saturated rings. The first kappa shape index (κ1) is 22.6. The van der Waals surface area contributed by atoms with Crippen LogP contribution < -0.4 is 11.2 Å². The number of hydrogen-bond acceptors (Lipinski definition) is 7. The Morgan fingerprint density at radius 1 is 1.22 bits per heavy atom. The van der Waals surface area contributed by atoms with Gasteiger partial charge < -0.3 is 14.6 Å². The number of hydrogen-bond donors (Lipinski definition) is 1. The maximum atomic E-state index is 13.0. The fourth-order valence-electron chi connectivity index (χ4n) is 4.02. The zero-order valence-corrected chi connectivity index (χ0v) is 19.4. The number of imidazole rings is 1. The molecule has 2 aliphatic heterocycles. The number of hydroxylamine groups is 2. The molecule has 10 nitrogen and oxygen atoms in total. The van der Waals surface area contributed by atoms with Gasteiger partial charge in [-0.15, -0.1) is 5.06 Å². The summed E-state index contributed by atoms with van der Waals surface area (Å²) >= 11 is 5.97. The average molecular weight is 465 g/mol. The van der Waals surface area contributed by atoms with Crippen LogP contribution in [-0.4, -0.2) is 49.4 Å². The van der Waals surface area contributed by atoms with Crippen LogP contribution in [0, 0.1) is 0 Å². The van der Waals surface area contributed by atoms with E-state index < -0.39 is 0 Å². The number of fused-ring (bicyclic) bond motifs is 1. The average Bonchev–Trinajstić information content (AvgIpc) is 3.46. The van der Waals surface area contributed by atoms with E-state index in [0.717, 1.165) is 37.7 Å². The highest BCUT2D eigenvalue weighted by Gasteiger charge is 2.30. The van der Waals surface area contributed by atoms with Crippen molar-refractivity contribution >= 4 is 28.7 Å². The minimum absolute atomic E-state index is 0.103. The number of nitrogens with one attached hydrogen (secondary N) is 1. The Labute approximate surface area is 190 Å². The second kappa shape index (κ2) is 9.50. The van der Waals surface area contributed by atoms with Crippen LogP contribution in [0.5, 0.6) is 0 Å². The second-order valence-corrected chi connectivity index (χ2v) is 8.67. The minimum Gasteiger partial charge on any atom is -0.497 e. The van der Waals surface area contributed by atoms with E-state index >= 15 is 0 Å². The Morgan fingerprint density at radius 3 is 2.72 bits per heavy atom. The van der Waals surface area contributed by atoms with Gasteiger partial charge in [-0.3, -0.25) is 13.9 Å². The number of ether oxygens (including phenoxy) is 1. The molecule has 11 heteroatoms. The van der Waals surface area contributed by atoms with Crippen molar-refractivity contribution < 1.29 is 9.57 Å². The van der Waals surface area contributed by atoms with Crippen molar-refractivity contribution in [2.45, 2.75) is 77.7 Å². The molecule has 0 bridgehead atoms. The van der Waals surface area contributed by atoms with Gasteiger partial charge in [-0.2, -0.15) is 4.98 Å². The molecule has 2 unspecified atom stereocenters. The lowest BCUT2D eigenvalue weighted by Crippen LogP contribution is -2.40. The van der Waals surface area contributed by atoms with E-state index in [1.165, 1.54) is 9.13 Å². The highest BCUT2D eigenvalue weighted by Crippen LogP contribution is 2.25. The van der Waals surface area contributed by atoms with Gasteiger partial charge in [0, 0.05) is 26.6 Å². The molecule has 32 heavy (non-hydrogen) atoms. The van der Waals surface area contributed by atoms with Crippen molar-refractivity contribution in [3.05, 3.63) is 38.0 Å². The molecule has 2 aromatic heterocycles. The van der Waals surface area contributed by atoms with Gasteiger partial charge in [-0.1, -0.05) is 13.3 Å². The molecule has 0 aliphatic carbocycles. The lowest BCUT2D eigenvalue weighted by molar-refractivity contribution is -0.0588. The first-order chi connectivity index (χ1) is 15.4. The van der Waals surface area contributed by atoms with E-state index in [4.69, 9.17) is 21.2 Å². The van der Waals surface area contributed by atoms with Crippen LogP contribution in [0.25, 0.3) is 11.2 Å². The number of halogens is 1. The van der Waals surface area contributed by atoms with Gasteiger partial charge in [0.25, 0.3) is 5.56 Å². The highest BCUT2D eigenvalue weighted by atomic mass is 35.5. The first-order valence-electron chi connectivity index (χ1n) is 11.1. The summed E-state index contributed by atoms with van der Waals surface area (Å²) in [7, 11) is 1.85. The Bertz CT molecular complexity index is 1160. The third-order valence-corrected chi connectivity index (χ3v) is 5.98. The molecule has 4 heterocycles. The van der Waals surface area contributed by atoms with Crippen LogP contribution in [0.2, 0.25) is 5.28 Å². The topological polar surface area (TPSA) is 107 Å². The van der Waals surface area contributed by atoms with Gasteiger partial charge in [-0.25, -0.2) is 9.79 Å². The Balaban J connectivity index is 1.43. The van der Waals surface area contributed by atoms with Crippen LogP contribution in [0.4, 0.5) is 0 Å². The third-order valence-electron chi connectivity index (χ3n) is 5.80. The standard InChI is InChI=1S/C21H29ClN6O4/c1-4-5-9-27-17-16(24-20(22)25-17)19(29)28(21(27)30)10-7-6-8-15-23-18(32-26(15)3)14-11-13(2)31-12-14/h12-13,15H,4-11H2,1-3H3,(H,24,25). The predicted molar refractivity (Wildman–Crippen MR) is 122 cm³/mol. The van der Waals surface area contributed by atoms with Crippen molar-refractivity contribution in [2.75, 3.05) is 7.05 Å². The fraction of sp³-hybridized carbons (Fsp3) is 0.619. The largest absolute Gasteiger partial charge is 0.497 e. The van der Waals surface area contributed by atoms with E-state index in [9.17, 15) is 9.59 Å². The third kappa shape index (κ3) is 4.47. The predicted octanol–water partition coefficient (Wildman–Crippen LogP) is 2.80. The molecule has 174 valence electrons. The summed E-state index contributed by atoms with van der Waals surface area (Å²) < 4.78 is 8.28. The highest BCUT2D eigenvalue weighted by molar-refractivity contribution is 6.28. The summed E-state index contributed by atoms with van der Waals surface area (Å²) in [5.41, 5.74) is 0.826. The molecule has 0 spiro atoms. The van der Waals surface area contributed by atoms with Crippen molar-refractivity contribution in [1.82, 2.24) is 24.2 Å². The normalized spacial score (nSPS) is 21.0. The zero-order valence-electron chi connectivity index (χ0n) is 18.6. The molecule has 0 amide bonds. The van der Waals surface area contributed by atoms with Gasteiger partial charge in [-0.05, 0) is 44.2 Å². The second-order valence-electron chi connectivity index (χ2n) is 8.31. The Morgan fingerprint density at radius 2 is 2.00 bits per heavy atom. The van der Waals surface area contributed by atoms with Crippen LogP contribution in [0.1, 0.15) is 52.4 Å².